The molecule has 1 aromatic heterocycles. The van der Waals surface area contributed by atoms with Crippen LogP contribution in [-0.2, 0) is 20.8 Å². The number of carbonyl (C=O) groups is 3. The number of amides is 3. The lowest BCUT2D eigenvalue weighted by Gasteiger charge is -2.37. The standard InChI is InChI=1S/C30H31Cl2N5O3/c1-21(30(40)37-18-16-36(17-19-37)26-12-10-24(32)11-13-26)34-29(39)27(20-25-4-2-3-15-33-25)35-28(38)14-7-22-5-8-23(31)9-6-22/h2-15,21,27H,16-20H2,1H3,(H,34,39)(H,35,38)/t21-,27-/m0/s1. The monoisotopic (exact) mass is 579 g/mol. The highest BCUT2D eigenvalue weighted by molar-refractivity contribution is 6.30. The number of hydrogen-bond acceptors (Lipinski definition) is 5. The van der Waals surface area contributed by atoms with Gasteiger partial charge in [0.2, 0.25) is 17.7 Å². The molecule has 1 aliphatic heterocycles. The average molecular weight is 581 g/mol. The summed E-state index contributed by atoms with van der Waals surface area (Å²) in [6, 6.07) is 18.3. The van der Waals surface area contributed by atoms with Gasteiger partial charge in [-0.1, -0.05) is 41.4 Å². The summed E-state index contributed by atoms with van der Waals surface area (Å²) in [5.41, 5.74) is 2.48. The van der Waals surface area contributed by atoms with E-state index in [4.69, 9.17) is 23.2 Å². The van der Waals surface area contributed by atoms with E-state index in [1.165, 1.54) is 6.08 Å². The third-order valence-corrected chi connectivity index (χ3v) is 7.09. The minimum atomic E-state index is -0.922. The van der Waals surface area contributed by atoms with Gasteiger partial charge in [-0.3, -0.25) is 19.4 Å². The first-order valence-corrected chi connectivity index (χ1v) is 13.8. The summed E-state index contributed by atoms with van der Waals surface area (Å²) in [5, 5.41) is 6.82. The molecule has 10 heteroatoms. The Morgan fingerprint density at radius 3 is 2.17 bits per heavy atom. The Balaban J connectivity index is 1.35. The van der Waals surface area contributed by atoms with E-state index < -0.39 is 23.9 Å². The molecule has 4 rings (SSSR count). The van der Waals surface area contributed by atoms with Crippen LogP contribution in [0.4, 0.5) is 5.69 Å². The number of rotatable bonds is 9. The Kier molecular flexibility index (Phi) is 10.2. The van der Waals surface area contributed by atoms with Crippen LogP contribution < -0.4 is 15.5 Å². The van der Waals surface area contributed by atoms with E-state index in [0.29, 0.717) is 41.9 Å². The lowest BCUT2D eigenvalue weighted by atomic mass is 10.1. The second-order valence-corrected chi connectivity index (χ2v) is 10.4. The highest BCUT2D eigenvalue weighted by atomic mass is 35.5. The molecule has 2 heterocycles. The van der Waals surface area contributed by atoms with Crippen molar-refractivity contribution in [2.75, 3.05) is 31.1 Å². The highest BCUT2D eigenvalue weighted by Crippen LogP contribution is 2.19. The van der Waals surface area contributed by atoms with Crippen LogP contribution in [0.15, 0.2) is 79.0 Å². The van der Waals surface area contributed by atoms with Crippen LogP contribution in [0.3, 0.4) is 0 Å². The topological polar surface area (TPSA) is 94.6 Å². The largest absolute Gasteiger partial charge is 0.368 e. The van der Waals surface area contributed by atoms with Gasteiger partial charge in [-0.25, -0.2) is 0 Å². The molecular weight excluding hydrogens is 549 g/mol. The first-order valence-electron chi connectivity index (χ1n) is 13.0. The van der Waals surface area contributed by atoms with Crippen molar-refractivity contribution in [2.45, 2.75) is 25.4 Å². The molecule has 8 nitrogen and oxygen atoms in total. The number of carbonyl (C=O) groups excluding carboxylic acids is 3. The fourth-order valence-electron chi connectivity index (χ4n) is 4.39. The first kappa shape index (κ1) is 29.1. The van der Waals surface area contributed by atoms with Crippen LogP contribution in [0.2, 0.25) is 10.0 Å². The number of benzene rings is 2. The van der Waals surface area contributed by atoms with Crippen molar-refractivity contribution in [3.8, 4) is 0 Å². The zero-order valence-corrected chi connectivity index (χ0v) is 23.6. The molecule has 3 amide bonds. The molecular formula is C30H31Cl2N5O3. The number of piperazine rings is 1. The molecule has 2 N–H and O–H groups in total. The minimum absolute atomic E-state index is 0.172. The Hall–Kier alpha value is -3.88. The molecule has 2 atom stereocenters. The molecule has 3 aromatic rings. The average Bonchev–Trinajstić information content (AvgIpc) is 2.97. The van der Waals surface area contributed by atoms with Crippen molar-refractivity contribution in [3.05, 3.63) is 100 Å². The van der Waals surface area contributed by atoms with Gasteiger partial charge in [0.15, 0.2) is 0 Å². The smallest absolute Gasteiger partial charge is 0.244 e. The second kappa shape index (κ2) is 14.0. The maximum absolute atomic E-state index is 13.3. The molecule has 1 fully saturated rings. The summed E-state index contributed by atoms with van der Waals surface area (Å²) in [7, 11) is 0. The zero-order chi connectivity index (χ0) is 28.5. The number of nitrogens with one attached hydrogen (secondary N) is 2. The maximum atomic E-state index is 13.3. The minimum Gasteiger partial charge on any atom is -0.368 e. The zero-order valence-electron chi connectivity index (χ0n) is 22.1. The molecule has 1 saturated heterocycles. The van der Waals surface area contributed by atoms with E-state index in [2.05, 4.69) is 20.5 Å². The molecule has 0 spiro atoms. The summed E-state index contributed by atoms with van der Waals surface area (Å²) in [6.45, 7) is 4.07. The van der Waals surface area contributed by atoms with Crippen LogP contribution in [-0.4, -0.2) is 65.9 Å². The van der Waals surface area contributed by atoms with Crippen molar-refractivity contribution in [2.24, 2.45) is 0 Å². The number of nitrogens with zero attached hydrogens (tertiary/aromatic N) is 3. The summed E-state index contributed by atoms with van der Waals surface area (Å²) < 4.78 is 0. The lowest BCUT2D eigenvalue weighted by molar-refractivity contribution is -0.137. The van der Waals surface area contributed by atoms with Crippen LogP contribution in [0, 0.1) is 0 Å². The van der Waals surface area contributed by atoms with E-state index in [9.17, 15) is 14.4 Å². The van der Waals surface area contributed by atoms with Gasteiger partial charge in [0.05, 0.1) is 0 Å². The van der Waals surface area contributed by atoms with Crippen LogP contribution >= 0.6 is 23.2 Å². The second-order valence-electron chi connectivity index (χ2n) is 9.49. The molecule has 0 saturated carbocycles. The van der Waals surface area contributed by atoms with Crippen LogP contribution in [0.1, 0.15) is 18.2 Å². The highest BCUT2D eigenvalue weighted by Gasteiger charge is 2.29. The van der Waals surface area contributed by atoms with E-state index in [0.717, 1.165) is 11.3 Å². The number of hydrogen-bond donors (Lipinski definition) is 2. The van der Waals surface area contributed by atoms with Gasteiger partial charge >= 0.3 is 0 Å². The van der Waals surface area contributed by atoms with Gasteiger partial charge < -0.3 is 20.4 Å². The molecule has 0 aliphatic carbocycles. The third kappa shape index (κ3) is 8.31. The first-order chi connectivity index (χ1) is 19.3. The van der Waals surface area contributed by atoms with E-state index in [1.54, 1.807) is 60.5 Å². The van der Waals surface area contributed by atoms with Crippen LogP contribution in [0.5, 0.6) is 0 Å². The number of aromatic nitrogens is 1. The molecule has 0 radical (unpaired) electrons. The number of anilines is 1. The van der Waals surface area contributed by atoms with E-state index in [-0.39, 0.29) is 12.3 Å². The molecule has 40 heavy (non-hydrogen) atoms. The molecule has 208 valence electrons. The summed E-state index contributed by atoms with van der Waals surface area (Å²) in [4.78, 5) is 47.4. The van der Waals surface area contributed by atoms with E-state index >= 15 is 0 Å². The molecule has 0 bridgehead atoms. The molecule has 1 aliphatic rings. The van der Waals surface area contributed by atoms with Crippen molar-refractivity contribution in [3.63, 3.8) is 0 Å². The van der Waals surface area contributed by atoms with Gasteiger partial charge in [0.25, 0.3) is 0 Å². The Morgan fingerprint density at radius 1 is 0.900 bits per heavy atom. The SMILES string of the molecule is C[C@H](NC(=O)[C@H](Cc1ccccn1)NC(=O)C=Cc1ccc(Cl)cc1)C(=O)N1CCN(c2ccc(Cl)cc2)CC1. The van der Waals surface area contributed by atoms with Crippen molar-refractivity contribution < 1.29 is 14.4 Å². The number of pyridine rings is 1. The van der Waals surface area contributed by atoms with Crippen molar-refractivity contribution >= 4 is 52.7 Å². The molecule has 0 unspecified atom stereocenters. The normalized spacial score (nSPS) is 15.0. The van der Waals surface area contributed by atoms with Crippen molar-refractivity contribution in [1.29, 1.82) is 0 Å². The Morgan fingerprint density at radius 2 is 1.55 bits per heavy atom. The summed E-state index contributed by atoms with van der Waals surface area (Å²) in [6.07, 6.45) is 4.80. The predicted molar refractivity (Wildman–Crippen MR) is 158 cm³/mol. The van der Waals surface area contributed by atoms with Gasteiger partial charge in [-0.05, 0) is 67.1 Å². The Bertz CT molecular complexity index is 1330. The lowest BCUT2D eigenvalue weighted by Crippen LogP contribution is -2.57. The van der Waals surface area contributed by atoms with Gasteiger partial charge in [0, 0.05) is 66.3 Å². The van der Waals surface area contributed by atoms with Gasteiger partial charge in [0.1, 0.15) is 12.1 Å². The maximum Gasteiger partial charge on any atom is 0.244 e. The fraction of sp³-hybridized carbons (Fsp3) is 0.267. The summed E-state index contributed by atoms with van der Waals surface area (Å²) in [5.74, 6) is -1.07. The van der Waals surface area contributed by atoms with Gasteiger partial charge in [-0.15, -0.1) is 0 Å². The van der Waals surface area contributed by atoms with Crippen LogP contribution in [0.25, 0.3) is 6.08 Å². The third-order valence-electron chi connectivity index (χ3n) is 6.58. The fourth-order valence-corrected chi connectivity index (χ4v) is 4.64. The van der Waals surface area contributed by atoms with Crippen molar-refractivity contribution in [1.82, 2.24) is 20.5 Å². The number of halogens is 2. The molecule has 2 aromatic carbocycles. The van der Waals surface area contributed by atoms with E-state index in [1.807, 2.05) is 30.3 Å². The predicted octanol–water partition coefficient (Wildman–Crippen LogP) is 3.98. The van der Waals surface area contributed by atoms with Gasteiger partial charge in [-0.2, -0.15) is 0 Å². The Labute approximate surface area is 244 Å². The summed E-state index contributed by atoms with van der Waals surface area (Å²) >= 11 is 11.9. The quantitative estimate of drug-likeness (QED) is 0.374.